The zero-order valence-corrected chi connectivity index (χ0v) is 18.0. The van der Waals surface area contributed by atoms with E-state index in [0.29, 0.717) is 34.9 Å². The summed E-state index contributed by atoms with van der Waals surface area (Å²) in [6, 6.07) is 9.02. The molecule has 0 spiro atoms. The van der Waals surface area contributed by atoms with E-state index in [9.17, 15) is 4.79 Å². The Balaban J connectivity index is 1.54. The molecule has 1 saturated heterocycles. The quantitative estimate of drug-likeness (QED) is 0.382. The molecule has 1 aromatic carbocycles. The Labute approximate surface area is 185 Å². The molecule has 2 aromatic heterocycles. The number of aryl methyl sites for hydroxylation is 1. The molecule has 1 aliphatic heterocycles. The maximum Gasteiger partial charge on any atom is 0.273 e. The number of amides is 1. The number of hydrogen-bond acceptors (Lipinski definition) is 7. The van der Waals surface area contributed by atoms with E-state index in [1.165, 1.54) is 6.20 Å². The van der Waals surface area contributed by atoms with Crippen LogP contribution in [0.15, 0.2) is 36.5 Å². The third-order valence-corrected chi connectivity index (χ3v) is 5.32. The summed E-state index contributed by atoms with van der Waals surface area (Å²) in [6.45, 7) is 4.50. The lowest BCUT2D eigenvalue weighted by molar-refractivity contribution is 0.0940. The normalized spacial score (nSPS) is 14.3. The number of carbonyl (C=O) groups is 1. The monoisotopic (exact) mass is 440 g/mol. The SMILES string of the molecule is Cc1cc(Nc2cnc(C(=O)NCC3CCNCC3)c(Nc3ccc(Cl)cc3)n2)n[nH]1. The predicted octanol–water partition coefficient (Wildman–Crippen LogP) is 3.38. The largest absolute Gasteiger partial charge is 0.350 e. The highest BCUT2D eigenvalue weighted by Gasteiger charge is 2.19. The molecule has 31 heavy (non-hydrogen) atoms. The summed E-state index contributed by atoms with van der Waals surface area (Å²) in [5.74, 6) is 1.65. The Morgan fingerprint density at radius 3 is 2.65 bits per heavy atom. The fraction of sp³-hybridized carbons (Fsp3) is 0.333. The first-order valence-corrected chi connectivity index (χ1v) is 10.6. The Hall–Kier alpha value is -3.17. The van der Waals surface area contributed by atoms with Gasteiger partial charge < -0.3 is 21.3 Å². The average molecular weight is 441 g/mol. The Bertz CT molecular complexity index is 1030. The van der Waals surface area contributed by atoms with E-state index < -0.39 is 0 Å². The molecule has 4 rings (SSSR count). The van der Waals surface area contributed by atoms with Gasteiger partial charge in [0.2, 0.25) is 0 Å². The molecule has 0 saturated carbocycles. The second-order valence-corrected chi connectivity index (χ2v) is 7.99. The lowest BCUT2D eigenvalue weighted by atomic mass is 9.98. The summed E-state index contributed by atoms with van der Waals surface area (Å²) in [5, 5.41) is 20.3. The molecular formula is C21H25ClN8O. The van der Waals surface area contributed by atoms with Crippen molar-refractivity contribution in [3.63, 3.8) is 0 Å². The fourth-order valence-corrected chi connectivity index (χ4v) is 3.52. The molecule has 5 N–H and O–H groups in total. The number of nitrogens with zero attached hydrogens (tertiary/aromatic N) is 3. The van der Waals surface area contributed by atoms with Crippen LogP contribution < -0.4 is 21.3 Å². The van der Waals surface area contributed by atoms with Crippen molar-refractivity contribution in [1.82, 2.24) is 30.8 Å². The number of piperidine rings is 1. The van der Waals surface area contributed by atoms with Crippen molar-refractivity contribution >= 4 is 40.6 Å². The van der Waals surface area contributed by atoms with Crippen LogP contribution in [0.3, 0.4) is 0 Å². The summed E-state index contributed by atoms with van der Waals surface area (Å²) in [4.78, 5) is 21.8. The Morgan fingerprint density at radius 2 is 1.94 bits per heavy atom. The highest BCUT2D eigenvalue weighted by Crippen LogP contribution is 2.22. The van der Waals surface area contributed by atoms with Crippen LogP contribution in [0, 0.1) is 12.8 Å². The number of halogens is 1. The van der Waals surface area contributed by atoms with E-state index >= 15 is 0 Å². The number of benzene rings is 1. The van der Waals surface area contributed by atoms with Crippen molar-refractivity contribution in [3.05, 3.63) is 52.9 Å². The van der Waals surface area contributed by atoms with Crippen molar-refractivity contribution in [3.8, 4) is 0 Å². The van der Waals surface area contributed by atoms with Crippen LogP contribution >= 0.6 is 11.6 Å². The second-order valence-electron chi connectivity index (χ2n) is 7.55. The molecule has 0 unspecified atom stereocenters. The first-order valence-electron chi connectivity index (χ1n) is 10.2. The molecule has 162 valence electrons. The van der Waals surface area contributed by atoms with Gasteiger partial charge in [-0.05, 0) is 63.0 Å². The number of nitrogens with one attached hydrogen (secondary N) is 5. The summed E-state index contributed by atoms with van der Waals surface area (Å²) in [5.41, 5.74) is 1.90. The molecule has 0 atom stereocenters. The first kappa shape index (κ1) is 21.1. The molecule has 1 amide bonds. The van der Waals surface area contributed by atoms with Crippen molar-refractivity contribution in [1.29, 1.82) is 0 Å². The lowest BCUT2D eigenvalue weighted by Crippen LogP contribution is -2.36. The average Bonchev–Trinajstić information content (AvgIpc) is 3.19. The predicted molar refractivity (Wildman–Crippen MR) is 121 cm³/mol. The van der Waals surface area contributed by atoms with E-state index in [1.54, 1.807) is 12.1 Å². The zero-order valence-electron chi connectivity index (χ0n) is 17.2. The van der Waals surface area contributed by atoms with Crippen molar-refractivity contribution in [2.45, 2.75) is 19.8 Å². The van der Waals surface area contributed by atoms with Gasteiger partial charge in [0.25, 0.3) is 5.91 Å². The van der Waals surface area contributed by atoms with Crippen LogP contribution in [0.1, 0.15) is 29.0 Å². The number of hydrogen-bond donors (Lipinski definition) is 5. The molecule has 3 heterocycles. The fourth-order valence-electron chi connectivity index (χ4n) is 3.39. The minimum absolute atomic E-state index is 0.229. The number of H-pyrrole nitrogens is 1. The van der Waals surface area contributed by atoms with Crippen LogP contribution in [-0.4, -0.2) is 45.7 Å². The van der Waals surface area contributed by atoms with Crippen LogP contribution in [0.5, 0.6) is 0 Å². The molecule has 1 fully saturated rings. The van der Waals surface area contributed by atoms with E-state index in [4.69, 9.17) is 11.6 Å². The van der Waals surface area contributed by atoms with Crippen molar-refractivity contribution in [2.75, 3.05) is 30.3 Å². The summed E-state index contributed by atoms with van der Waals surface area (Å²) < 4.78 is 0. The van der Waals surface area contributed by atoms with Gasteiger partial charge in [-0.15, -0.1) is 0 Å². The zero-order chi connectivity index (χ0) is 21.6. The number of aromatic nitrogens is 4. The molecule has 10 heteroatoms. The molecule has 9 nitrogen and oxygen atoms in total. The third kappa shape index (κ3) is 5.71. The van der Waals surface area contributed by atoms with Gasteiger partial charge in [0.15, 0.2) is 23.1 Å². The number of carbonyl (C=O) groups excluding carboxylic acids is 1. The van der Waals surface area contributed by atoms with E-state index in [-0.39, 0.29) is 11.6 Å². The first-order chi connectivity index (χ1) is 15.1. The molecule has 0 bridgehead atoms. The van der Waals surface area contributed by atoms with Crippen molar-refractivity contribution < 1.29 is 4.79 Å². The van der Waals surface area contributed by atoms with E-state index in [2.05, 4.69) is 41.4 Å². The Morgan fingerprint density at radius 1 is 1.16 bits per heavy atom. The van der Waals surface area contributed by atoms with Gasteiger partial charge in [-0.1, -0.05) is 11.6 Å². The van der Waals surface area contributed by atoms with E-state index in [1.807, 2.05) is 25.1 Å². The highest BCUT2D eigenvalue weighted by atomic mass is 35.5. The maximum atomic E-state index is 12.9. The molecule has 3 aromatic rings. The molecule has 1 aliphatic rings. The standard InChI is InChI=1S/C21H25ClN8O/c1-13-10-17(30-29-13)27-18-12-24-19(21(31)25-11-14-6-8-23-9-7-14)20(28-18)26-16-4-2-15(22)3-5-16/h2-5,10,12,14,23H,6-9,11H2,1H3,(H,25,31)(H3,26,27,28,29,30). The summed E-state index contributed by atoms with van der Waals surface area (Å²) >= 11 is 5.98. The van der Waals surface area contributed by atoms with Crippen LogP contribution in [-0.2, 0) is 0 Å². The molecule has 0 aliphatic carbocycles. The maximum absolute atomic E-state index is 12.9. The summed E-state index contributed by atoms with van der Waals surface area (Å²) in [6.07, 6.45) is 3.62. The van der Waals surface area contributed by atoms with Gasteiger partial charge in [0.1, 0.15) is 0 Å². The lowest BCUT2D eigenvalue weighted by Gasteiger charge is -2.22. The number of rotatable bonds is 7. The topological polar surface area (TPSA) is 120 Å². The minimum atomic E-state index is -0.260. The van der Waals surface area contributed by atoms with Gasteiger partial charge in [0, 0.05) is 29.0 Å². The van der Waals surface area contributed by atoms with Crippen LogP contribution in [0.25, 0.3) is 0 Å². The van der Waals surface area contributed by atoms with Crippen LogP contribution in [0.4, 0.5) is 23.1 Å². The van der Waals surface area contributed by atoms with Gasteiger partial charge >= 0.3 is 0 Å². The molecule has 0 radical (unpaired) electrons. The van der Waals surface area contributed by atoms with Crippen LogP contribution in [0.2, 0.25) is 5.02 Å². The second kappa shape index (κ2) is 9.76. The van der Waals surface area contributed by atoms with Gasteiger partial charge in [-0.2, -0.15) is 5.10 Å². The number of aromatic amines is 1. The minimum Gasteiger partial charge on any atom is -0.350 e. The smallest absolute Gasteiger partial charge is 0.273 e. The summed E-state index contributed by atoms with van der Waals surface area (Å²) in [7, 11) is 0. The highest BCUT2D eigenvalue weighted by molar-refractivity contribution is 6.30. The van der Waals surface area contributed by atoms with Gasteiger partial charge in [-0.3, -0.25) is 9.89 Å². The Kier molecular flexibility index (Phi) is 6.63. The van der Waals surface area contributed by atoms with Gasteiger partial charge in [-0.25, -0.2) is 9.97 Å². The van der Waals surface area contributed by atoms with Crippen molar-refractivity contribution in [2.24, 2.45) is 5.92 Å². The third-order valence-electron chi connectivity index (χ3n) is 5.07. The molecular weight excluding hydrogens is 416 g/mol. The van der Waals surface area contributed by atoms with E-state index in [0.717, 1.165) is 37.3 Å². The van der Waals surface area contributed by atoms with Gasteiger partial charge in [0.05, 0.1) is 6.20 Å². The number of anilines is 4.